The molecule has 0 saturated carbocycles. The van der Waals surface area contributed by atoms with Gasteiger partial charge >= 0.3 is 0 Å². The third kappa shape index (κ3) is 4.92. The van der Waals surface area contributed by atoms with Crippen LogP contribution in [0.25, 0.3) is 22.9 Å². The van der Waals surface area contributed by atoms with Crippen molar-refractivity contribution in [2.24, 2.45) is 0 Å². The first kappa shape index (κ1) is 22.2. The molecule has 33 heavy (non-hydrogen) atoms. The Labute approximate surface area is 191 Å². The summed E-state index contributed by atoms with van der Waals surface area (Å²) in [6, 6.07) is 19.6. The fourth-order valence-corrected chi connectivity index (χ4v) is 3.53. The van der Waals surface area contributed by atoms with E-state index in [1.807, 2.05) is 38.1 Å². The SMILES string of the molecule is CCN(Cc1ccc(OC)c(F)c1)C(=O)c1ccc(-c2nnc(-c3cccc(C)c3)o2)cc1. The summed E-state index contributed by atoms with van der Waals surface area (Å²) in [5.41, 5.74) is 3.89. The zero-order valence-corrected chi connectivity index (χ0v) is 18.7. The number of benzene rings is 3. The molecule has 0 saturated heterocycles. The number of aromatic nitrogens is 2. The average Bonchev–Trinajstić information content (AvgIpc) is 3.33. The van der Waals surface area contributed by atoms with E-state index >= 15 is 0 Å². The van der Waals surface area contributed by atoms with E-state index in [0.717, 1.165) is 16.7 Å². The van der Waals surface area contributed by atoms with Crippen LogP contribution in [0.5, 0.6) is 5.75 Å². The molecule has 168 valence electrons. The summed E-state index contributed by atoms with van der Waals surface area (Å²) in [4.78, 5) is 14.7. The molecule has 0 bridgehead atoms. The largest absolute Gasteiger partial charge is 0.494 e. The molecule has 1 heterocycles. The van der Waals surface area contributed by atoms with Gasteiger partial charge in [0, 0.05) is 29.8 Å². The minimum absolute atomic E-state index is 0.147. The van der Waals surface area contributed by atoms with Gasteiger partial charge in [0.2, 0.25) is 11.8 Å². The fourth-order valence-electron chi connectivity index (χ4n) is 3.53. The predicted molar refractivity (Wildman–Crippen MR) is 123 cm³/mol. The molecule has 7 heteroatoms. The van der Waals surface area contributed by atoms with Crippen LogP contribution in [-0.4, -0.2) is 34.7 Å². The molecule has 0 N–H and O–H groups in total. The van der Waals surface area contributed by atoms with Crippen molar-refractivity contribution in [3.05, 3.63) is 89.2 Å². The number of halogens is 1. The van der Waals surface area contributed by atoms with Crippen molar-refractivity contribution in [3.63, 3.8) is 0 Å². The summed E-state index contributed by atoms with van der Waals surface area (Å²) in [6.07, 6.45) is 0. The van der Waals surface area contributed by atoms with Gasteiger partial charge < -0.3 is 14.1 Å². The van der Waals surface area contributed by atoms with Gasteiger partial charge in [0.25, 0.3) is 5.91 Å². The van der Waals surface area contributed by atoms with Crippen molar-refractivity contribution in [1.29, 1.82) is 0 Å². The molecule has 1 amide bonds. The van der Waals surface area contributed by atoms with Gasteiger partial charge in [0.15, 0.2) is 11.6 Å². The highest BCUT2D eigenvalue weighted by Crippen LogP contribution is 2.25. The molecule has 0 unspecified atom stereocenters. The molecule has 3 aromatic carbocycles. The number of aryl methyl sites for hydroxylation is 1. The van der Waals surface area contributed by atoms with E-state index in [1.54, 1.807) is 41.3 Å². The Balaban J connectivity index is 1.49. The highest BCUT2D eigenvalue weighted by molar-refractivity contribution is 5.94. The first-order valence-corrected chi connectivity index (χ1v) is 10.6. The van der Waals surface area contributed by atoms with Gasteiger partial charge in [-0.3, -0.25) is 4.79 Å². The number of ether oxygens (including phenoxy) is 1. The summed E-state index contributed by atoms with van der Waals surface area (Å²) in [5.74, 6) is 0.401. The molecule has 1 aromatic heterocycles. The molecule has 0 atom stereocenters. The van der Waals surface area contributed by atoms with Gasteiger partial charge in [-0.25, -0.2) is 4.39 Å². The van der Waals surface area contributed by atoms with Crippen LogP contribution in [0.15, 0.2) is 71.1 Å². The number of carbonyl (C=O) groups is 1. The highest BCUT2D eigenvalue weighted by atomic mass is 19.1. The van der Waals surface area contributed by atoms with Crippen molar-refractivity contribution >= 4 is 5.91 Å². The van der Waals surface area contributed by atoms with Gasteiger partial charge in [0.1, 0.15) is 0 Å². The van der Waals surface area contributed by atoms with Crippen molar-refractivity contribution < 1.29 is 18.3 Å². The standard InChI is InChI=1S/C26H24FN3O3/c1-4-30(16-18-8-13-23(32-3)22(27)15-18)26(31)20-11-9-19(10-12-20)24-28-29-25(33-24)21-7-5-6-17(2)14-21/h5-15H,4,16H2,1-3H3. The molecule has 4 rings (SSSR count). The van der Waals surface area contributed by atoms with E-state index in [9.17, 15) is 9.18 Å². The van der Waals surface area contributed by atoms with Crippen molar-refractivity contribution in [2.75, 3.05) is 13.7 Å². The zero-order valence-electron chi connectivity index (χ0n) is 18.7. The Morgan fingerprint density at radius 3 is 2.36 bits per heavy atom. The van der Waals surface area contributed by atoms with E-state index in [1.165, 1.54) is 13.2 Å². The Hall–Kier alpha value is -4.00. The lowest BCUT2D eigenvalue weighted by atomic mass is 10.1. The van der Waals surface area contributed by atoms with Gasteiger partial charge in [-0.1, -0.05) is 23.8 Å². The Morgan fingerprint density at radius 1 is 1.00 bits per heavy atom. The molecule has 4 aromatic rings. The van der Waals surface area contributed by atoms with Gasteiger partial charge in [-0.2, -0.15) is 0 Å². The quantitative estimate of drug-likeness (QED) is 0.375. The second-order valence-electron chi connectivity index (χ2n) is 7.65. The topological polar surface area (TPSA) is 68.5 Å². The third-order valence-corrected chi connectivity index (χ3v) is 5.33. The first-order valence-electron chi connectivity index (χ1n) is 10.6. The maximum absolute atomic E-state index is 14.0. The molecular weight excluding hydrogens is 421 g/mol. The van der Waals surface area contributed by atoms with Crippen molar-refractivity contribution in [1.82, 2.24) is 15.1 Å². The van der Waals surface area contributed by atoms with Crippen molar-refractivity contribution in [2.45, 2.75) is 20.4 Å². The molecule has 0 spiro atoms. The van der Waals surface area contributed by atoms with Crippen LogP contribution in [0.3, 0.4) is 0 Å². The maximum atomic E-state index is 14.0. The van der Waals surface area contributed by atoms with Crippen LogP contribution in [-0.2, 0) is 6.54 Å². The zero-order chi connectivity index (χ0) is 23.4. The lowest BCUT2D eigenvalue weighted by molar-refractivity contribution is 0.0752. The van der Waals surface area contributed by atoms with E-state index in [-0.39, 0.29) is 11.7 Å². The van der Waals surface area contributed by atoms with Gasteiger partial charge in [0.05, 0.1) is 7.11 Å². The van der Waals surface area contributed by atoms with Crippen LogP contribution in [0.2, 0.25) is 0 Å². The second-order valence-corrected chi connectivity index (χ2v) is 7.65. The van der Waals surface area contributed by atoms with E-state index in [4.69, 9.17) is 9.15 Å². The van der Waals surface area contributed by atoms with Crippen LogP contribution in [0, 0.1) is 12.7 Å². The normalized spacial score (nSPS) is 10.8. The minimum atomic E-state index is -0.451. The Bertz CT molecular complexity index is 1270. The molecule has 0 aliphatic rings. The summed E-state index contributed by atoms with van der Waals surface area (Å²) in [7, 11) is 1.42. The van der Waals surface area contributed by atoms with Crippen LogP contribution < -0.4 is 4.74 Å². The maximum Gasteiger partial charge on any atom is 0.254 e. The van der Waals surface area contributed by atoms with Crippen LogP contribution >= 0.6 is 0 Å². The van der Waals surface area contributed by atoms with E-state index in [0.29, 0.717) is 36.0 Å². The number of carbonyl (C=O) groups excluding carboxylic acids is 1. The summed E-state index contributed by atoms with van der Waals surface area (Å²) in [6.45, 7) is 4.66. The van der Waals surface area contributed by atoms with Crippen LogP contribution in [0.4, 0.5) is 4.39 Å². The number of hydrogen-bond acceptors (Lipinski definition) is 5. The smallest absolute Gasteiger partial charge is 0.254 e. The fraction of sp³-hybridized carbons (Fsp3) is 0.192. The summed E-state index contributed by atoms with van der Waals surface area (Å²) in [5, 5.41) is 8.28. The number of hydrogen-bond donors (Lipinski definition) is 0. The Kier molecular flexibility index (Phi) is 6.49. The van der Waals surface area contributed by atoms with Gasteiger partial charge in [-0.15, -0.1) is 10.2 Å². The van der Waals surface area contributed by atoms with E-state index < -0.39 is 5.82 Å². The van der Waals surface area contributed by atoms with Gasteiger partial charge in [-0.05, 0) is 67.9 Å². The molecule has 0 fully saturated rings. The molecule has 0 radical (unpaired) electrons. The van der Waals surface area contributed by atoms with E-state index in [2.05, 4.69) is 10.2 Å². The van der Waals surface area contributed by atoms with Crippen molar-refractivity contribution in [3.8, 4) is 28.7 Å². The number of nitrogens with zero attached hydrogens (tertiary/aromatic N) is 3. The first-order chi connectivity index (χ1) is 16.0. The molecule has 6 nitrogen and oxygen atoms in total. The average molecular weight is 445 g/mol. The highest BCUT2D eigenvalue weighted by Gasteiger charge is 2.17. The van der Waals surface area contributed by atoms with Crippen LogP contribution in [0.1, 0.15) is 28.4 Å². The predicted octanol–water partition coefficient (Wildman–Crippen LogP) is 5.52. The number of rotatable bonds is 7. The second kappa shape index (κ2) is 9.65. The minimum Gasteiger partial charge on any atom is -0.494 e. The molecular formula is C26H24FN3O3. The third-order valence-electron chi connectivity index (χ3n) is 5.33. The lowest BCUT2D eigenvalue weighted by Gasteiger charge is -2.21. The molecule has 0 aliphatic carbocycles. The summed E-state index contributed by atoms with van der Waals surface area (Å²) >= 11 is 0. The Morgan fingerprint density at radius 2 is 1.73 bits per heavy atom. The number of methoxy groups -OCH3 is 1. The number of amides is 1. The summed E-state index contributed by atoms with van der Waals surface area (Å²) < 4.78 is 24.8. The lowest BCUT2D eigenvalue weighted by Crippen LogP contribution is -2.30. The molecule has 0 aliphatic heterocycles. The monoisotopic (exact) mass is 445 g/mol.